The van der Waals surface area contributed by atoms with Crippen molar-refractivity contribution in [2.24, 2.45) is 0 Å². The smallest absolute Gasteiger partial charge is 0.251 e. The maximum absolute atomic E-state index is 13.3. The first-order valence-corrected chi connectivity index (χ1v) is 7.94. The van der Waals surface area contributed by atoms with Crippen LogP contribution < -0.4 is 10.2 Å². The zero-order chi connectivity index (χ0) is 16.4. The summed E-state index contributed by atoms with van der Waals surface area (Å²) in [4.78, 5) is 25.8. The molecule has 0 bridgehead atoms. The van der Waals surface area contributed by atoms with Crippen molar-refractivity contribution in [3.05, 3.63) is 64.4 Å². The van der Waals surface area contributed by atoms with E-state index in [0.29, 0.717) is 17.8 Å². The second kappa shape index (κ2) is 6.50. The van der Waals surface area contributed by atoms with Crippen molar-refractivity contribution in [2.75, 3.05) is 11.4 Å². The molecule has 1 N–H and O–H groups in total. The summed E-state index contributed by atoms with van der Waals surface area (Å²) in [5.74, 6) is -0.753. The van der Waals surface area contributed by atoms with Gasteiger partial charge in [0.05, 0.1) is 6.04 Å². The lowest BCUT2D eigenvalue weighted by Crippen LogP contribution is -2.37. The van der Waals surface area contributed by atoms with Gasteiger partial charge in [0.25, 0.3) is 5.91 Å². The third kappa shape index (κ3) is 3.59. The summed E-state index contributed by atoms with van der Waals surface area (Å²) in [7, 11) is 0. The van der Waals surface area contributed by atoms with Crippen LogP contribution >= 0.6 is 15.9 Å². The Morgan fingerprint density at radius 3 is 2.74 bits per heavy atom. The van der Waals surface area contributed by atoms with Gasteiger partial charge in [0.1, 0.15) is 5.82 Å². The molecule has 1 aliphatic rings. The van der Waals surface area contributed by atoms with Gasteiger partial charge in [-0.2, -0.15) is 0 Å². The van der Waals surface area contributed by atoms with Crippen LogP contribution in [0.15, 0.2) is 53.0 Å². The number of carbonyl (C=O) groups is 2. The van der Waals surface area contributed by atoms with E-state index in [1.807, 2.05) is 6.07 Å². The average molecular weight is 377 g/mol. The maximum Gasteiger partial charge on any atom is 0.251 e. The predicted molar refractivity (Wildman–Crippen MR) is 88.8 cm³/mol. The minimum Gasteiger partial charge on any atom is -0.347 e. The first-order chi connectivity index (χ1) is 11.0. The standard InChI is InChI=1S/C17H14BrFN2O2/c18-12-4-1-3-11(7-12)17(23)20-14-9-16(22)21(10-14)15-6-2-5-13(19)8-15/h1-8,14H,9-10H2,(H,20,23)/t14-/m1/s1. The summed E-state index contributed by atoms with van der Waals surface area (Å²) in [5.41, 5.74) is 1.03. The first-order valence-electron chi connectivity index (χ1n) is 7.15. The molecule has 3 rings (SSSR count). The number of hydrogen-bond donors (Lipinski definition) is 1. The number of nitrogens with one attached hydrogen (secondary N) is 1. The van der Waals surface area contributed by atoms with Crippen LogP contribution in [0.5, 0.6) is 0 Å². The third-order valence-corrected chi connectivity index (χ3v) is 4.16. The second-order valence-corrected chi connectivity index (χ2v) is 6.28. The topological polar surface area (TPSA) is 49.4 Å². The monoisotopic (exact) mass is 376 g/mol. The molecule has 0 unspecified atom stereocenters. The number of halogens is 2. The Morgan fingerprint density at radius 1 is 1.22 bits per heavy atom. The molecule has 1 heterocycles. The number of nitrogens with zero attached hydrogens (tertiary/aromatic N) is 1. The largest absolute Gasteiger partial charge is 0.347 e. The maximum atomic E-state index is 13.3. The molecule has 2 aromatic rings. The minimum absolute atomic E-state index is 0.129. The second-order valence-electron chi connectivity index (χ2n) is 5.37. The highest BCUT2D eigenvalue weighted by Gasteiger charge is 2.31. The lowest BCUT2D eigenvalue weighted by atomic mass is 10.2. The summed E-state index contributed by atoms with van der Waals surface area (Å²) in [5, 5.41) is 2.85. The van der Waals surface area contributed by atoms with Crippen molar-refractivity contribution >= 4 is 33.4 Å². The normalized spacial score (nSPS) is 17.4. The Kier molecular flexibility index (Phi) is 4.43. The number of rotatable bonds is 3. The van der Waals surface area contributed by atoms with Crippen LogP contribution in [0, 0.1) is 5.82 Å². The molecule has 4 nitrogen and oxygen atoms in total. The summed E-state index contributed by atoms with van der Waals surface area (Å²) < 4.78 is 14.1. The molecule has 2 amide bonds. The van der Waals surface area contributed by atoms with E-state index in [4.69, 9.17) is 0 Å². The highest BCUT2D eigenvalue weighted by Crippen LogP contribution is 2.22. The fraction of sp³-hybridized carbons (Fsp3) is 0.176. The van der Waals surface area contributed by atoms with E-state index in [1.165, 1.54) is 17.0 Å². The van der Waals surface area contributed by atoms with E-state index < -0.39 is 5.82 Å². The van der Waals surface area contributed by atoms with Gasteiger partial charge in [-0.25, -0.2) is 4.39 Å². The highest BCUT2D eigenvalue weighted by molar-refractivity contribution is 9.10. The molecule has 1 saturated heterocycles. The number of hydrogen-bond acceptors (Lipinski definition) is 2. The lowest BCUT2D eigenvalue weighted by molar-refractivity contribution is -0.117. The van der Waals surface area contributed by atoms with Gasteiger partial charge < -0.3 is 10.2 Å². The Labute approximate surface area is 141 Å². The van der Waals surface area contributed by atoms with Gasteiger partial charge in [0.15, 0.2) is 0 Å². The predicted octanol–water partition coefficient (Wildman–Crippen LogP) is 3.12. The first kappa shape index (κ1) is 15.7. The summed E-state index contributed by atoms with van der Waals surface area (Å²) >= 11 is 3.32. The molecule has 1 fully saturated rings. The molecule has 2 aromatic carbocycles. The van der Waals surface area contributed by atoms with E-state index in [9.17, 15) is 14.0 Å². The Morgan fingerprint density at radius 2 is 2.00 bits per heavy atom. The number of anilines is 1. The van der Waals surface area contributed by atoms with Crippen molar-refractivity contribution in [1.82, 2.24) is 5.32 Å². The van der Waals surface area contributed by atoms with Crippen LogP contribution in [0.2, 0.25) is 0 Å². The fourth-order valence-corrected chi connectivity index (χ4v) is 3.00. The van der Waals surface area contributed by atoms with Crippen molar-refractivity contribution in [3.8, 4) is 0 Å². The van der Waals surface area contributed by atoms with Gasteiger partial charge in [-0.3, -0.25) is 9.59 Å². The third-order valence-electron chi connectivity index (χ3n) is 3.67. The van der Waals surface area contributed by atoms with Gasteiger partial charge in [-0.05, 0) is 36.4 Å². The van der Waals surface area contributed by atoms with Gasteiger partial charge in [-0.15, -0.1) is 0 Å². The molecule has 118 valence electrons. The molecule has 0 radical (unpaired) electrons. The van der Waals surface area contributed by atoms with E-state index in [2.05, 4.69) is 21.2 Å². The zero-order valence-corrected chi connectivity index (χ0v) is 13.7. The Bertz CT molecular complexity index is 766. The molecule has 6 heteroatoms. The van der Waals surface area contributed by atoms with Crippen molar-refractivity contribution < 1.29 is 14.0 Å². The quantitative estimate of drug-likeness (QED) is 0.894. The van der Waals surface area contributed by atoms with E-state index in [1.54, 1.807) is 30.3 Å². The average Bonchev–Trinajstić information content (AvgIpc) is 2.88. The molecule has 0 aromatic heterocycles. The number of amides is 2. The van der Waals surface area contributed by atoms with Gasteiger partial charge >= 0.3 is 0 Å². The molecule has 0 spiro atoms. The molecular formula is C17H14BrFN2O2. The van der Waals surface area contributed by atoms with E-state index in [-0.39, 0.29) is 24.3 Å². The highest BCUT2D eigenvalue weighted by atomic mass is 79.9. The Hall–Kier alpha value is -2.21. The molecule has 0 saturated carbocycles. The van der Waals surface area contributed by atoms with Crippen molar-refractivity contribution in [1.29, 1.82) is 0 Å². The van der Waals surface area contributed by atoms with Crippen molar-refractivity contribution in [2.45, 2.75) is 12.5 Å². The number of carbonyl (C=O) groups excluding carboxylic acids is 2. The van der Waals surface area contributed by atoms with Crippen molar-refractivity contribution in [3.63, 3.8) is 0 Å². The van der Waals surface area contributed by atoms with Crippen LogP contribution in [0.25, 0.3) is 0 Å². The zero-order valence-electron chi connectivity index (χ0n) is 12.1. The van der Waals surface area contributed by atoms with Crippen LogP contribution in [-0.4, -0.2) is 24.4 Å². The van der Waals surface area contributed by atoms with Gasteiger partial charge in [0, 0.05) is 28.7 Å². The number of benzene rings is 2. The summed E-state index contributed by atoms with van der Waals surface area (Å²) in [6, 6.07) is 12.6. The molecule has 23 heavy (non-hydrogen) atoms. The fourth-order valence-electron chi connectivity index (χ4n) is 2.60. The lowest BCUT2D eigenvalue weighted by Gasteiger charge is -2.17. The van der Waals surface area contributed by atoms with Crippen LogP contribution in [0.4, 0.5) is 10.1 Å². The molecule has 0 aliphatic carbocycles. The SMILES string of the molecule is O=C(N[C@@H]1CC(=O)N(c2cccc(F)c2)C1)c1cccc(Br)c1. The molecule has 1 atom stereocenters. The van der Waals surface area contributed by atoms with E-state index in [0.717, 1.165) is 4.47 Å². The van der Waals surface area contributed by atoms with E-state index >= 15 is 0 Å². The summed E-state index contributed by atoms with van der Waals surface area (Å²) in [6.45, 7) is 0.335. The van der Waals surface area contributed by atoms with Gasteiger partial charge in [0.2, 0.25) is 5.91 Å². The van der Waals surface area contributed by atoms with Crippen LogP contribution in [0.3, 0.4) is 0 Å². The van der Waals surface area contributed by atoms with Gasteiger partial charge in [-0.1, -0.05) is 28.1 Å². The minimum atomic E-state index is -0.392. The molecule has 1 aliphatic heterocycles. The van der Waals surface area contributed by atoms with Crippen LogP contribution in [0.1, 0.15) is 16.8 Å². The molecular weight excluding hydrogens is 363 g/mol. The summed E-state index contributed by atoms with van der Waals surface area (Å²) in [6.07, 6.45) is 0.205. The Balaban J connectivity index is 1.69. The van der Waals surface area contributed by atoms with Crippen LogP contribution in [-0.2, 0) is 4.79 Å².